The van der Waals surface area contributed by atoms with Gasteiger partial charge >= 0.3 is 6.03 Å². The Morgan fingerprint density at radius 2 is 2.24 bits per heavy atom. The van der Waals surface area contributed by atoms with Crippen molar-refractivity contribution in [1.29, 1.82) is 0 Å². The molecule has 0 spiro atoms. The second-order valence-corrected chi connectivity index (χ2v) is 4.57. The highest BCUT2D eigenvalue weighted by Crippen LogP contribution is 2.23. The van der Waals surface area contributed by atoms with Gasteiger partial charge in [-0.25, -0.2) is 4.79 Å². The molecule has 0 aromatic heterocycles. The average molecular weight is 301 g/mol. The maximum atomic E-state index is 11.9. The third kappa shape index (κ3) is 4.02. The van der Waals surface area contributed by atoms with Gasteiger partial charge in [0.15, 0.2) is 0 Å². The number of aryl methyl sites for hydroxylation is 1. The number of benzene rings is 1. The van der Waals surface area contributed by atoms with Crippen LogP contribution >= 0.6 is 15.9 Å². The zero-order valence-electron chi connectivity index (χ0n) is 10.0. The number of nitrogens with zero attached hydrogens (tertiary/aromatic N) is 1. The summed E-state index contributed by atoms with van der Waals surface area (Å²) in [6, 6.07) is 5.52. The molecule has 5 heteroatoms. The lowest BCUT2D eigenvalue weighted by Gasteiger charge is -2.20. The molecule has 0 radical (unpaired) electrons. The molecule has 0 aliphatic carbocycles. The molecule has 0 saturated carbocycles. The molecular weight excluding hydrogens is 284 g/mol. The quantitative estimate of drug-likeness (QED) is 0.898. The zero-order chi connectivity index (χ0) is 12.8. The predicted octanol–water partition coefficient (Wildman–Crippen LogP) is 2.60. The van der Waals surface area contributed by atoms with Crippen LogP contribution in [0.15, 0.2) is 22.7 Å². The summed E-state index contributed by atoms with van der Waals surface area (Å²) in [7, 11) is 0. The van der Waals surface area contributed by atoms with E-state index in [9.17, 15) is 4.79 Å². The summed E-state index contributed by atoms with van der Waals surface area (Å²) in [5.41, 5.74) is 1.86. The van der Waals surface area contributed by atoms with E-state index < -0.39 is 0 Å². The first-order chi connectivity index (χ1) is 8.08. The minimum atomic E-state index is -0.203. The van der Waals surface area contributed by atoms with Crippen LogP contribution in [-0.4, -0.2) is 35.7 Å². The fraction of sp³-hybridized carbons (Fsp3) is 0.417. The molecule has 94 valence electrons. The number of hydrogen-bond acceptors (Lipinski definition) is 2. The first kappa shape index (κ1) is 14.0. The molecule has 17 heavy (non-hydrogen) atoms. The Hall–Kier alpha value is -1.07. The van der Waals surface area contributed by atoms with E-state index in [4.69, 9.17) is 5.11 Å². The summed E-state index contributed by atoms with van der Waals surface area (Å²) in [6.45, 7) is 4.73. The number of urea groups is 1. The Morgan fingerprint density at radius 3 is 2.76 bits per heavy atom. The Morgan fingerprint density at radius 1 is 1.53 bits per heavy atom. The molecule has 1 aromatic carbocycles. The molecule has 0 aliphatic rings. The number of nitrogens with one attached hydrogen (secondary N) is 1. The summed E-state index contributed by atoms with van der Waals surface area (Å²) in [4.78, 5) is 13.4. The summed E-state index contributed by atoms with van der Waals surface area (Å²) < 4.78 is 0.853. The standard InChI is InChI=1S/C12H17BrN2O2/c1-3-15(6-7-16)12(17)14-11-5-4-9(2)8-10(11)13/h4-5,8,16H,3,6-7H2,1-2H3,(H,14,17). The number of carbonyl (C=O) groups excluding carboxylic acids is 1. The second-order valence-electron chi connectivity index (χ2n) is 3.72. The van der Waals surface area contributed by atoms with Gasteiger partial charge in [0.2, 0.25) is 0 Å². The Bertz CT molecular complexity index is 396. The SMILES string of the molecule is CCN(CCO)C(=O)Nc1ccc(C)cc1Br. The largest absolute Gasteiger partial charge is 0.395 e. The zero-order valence-corrected chi connectivity index (χ0v) is 11.6. The minimum Gasteiger partial charge on any atom is -0.395 e. The van der Waals surface area contributed by atoms with Gasteiger partial charge in [0, 0.05) is 17.6 Å². The lowest BCUT2D eigenvalue weighted by atomic mass is 10.2. The van der Waals surface area contributed by atoms with Gasteiger partial charge in [-0.05, 0) is 47.5 Å². The lowest BCUT2D eigenvalue weighted by molar-refractivity contribution is 0.192. The van der Waals surface area contributed by atoms with Gasteiger partial charge < -0.3 is 15.3 Å². The van der Waals surface area contributed by atoms with Gasteiger partial charge in [-0.2, -0.15) is 0 Å². The molecule has 2 N–H and O–H groups in total. The molecule has 0 atom stereocenters. The number of likely N-dealkylation sites (N-methyl/N-ethyl adjacent to an activating group) is 1. The maximum Gasteiger partial charge on any atom is 0.321 e. The highest BCUT2D eigenvalue weighted by Gasteiger charge is 2.12. The molecular formula is C12H17BrN2O2. The van der Waals surface area contributed by atoms with Gasteiger partial charge in [-0.3, -0.25) is 0 Å². The second kappa shape index (κ2) is 6.61. The molecule has 0 saturated heterocycles. The van der Waals surface area contributed by atoms with E-state index in [0.717, 1.165) is 15.7 Å². The van der Waals surface area contributed by atoms with E-state index in [0.29, 0.717) is 13.1 Å². The molecule has 2 amide bonds. The summed E-state index contributed by atoms with van der Waals surface area (Å²) in [6.07, 6.45) is 0. The van der Waals surface area contributed by atoms with E-state index in [-0.39, 0.29) is 12.6 Å². The van der Waals surface area contributed by atoms with E-state index >= 15 is 0 Å². The van der Waals surface area contributed by atoms with Crippen molar-refractivity contribution in [1.82, 2.24) is 4.90 Å². The van der Waals surface area contributed by atoms with Crippen LogP contribution in [0, 0.1) is 6.92 Å². The summed E-state index contributed by atoms with van der Waals surface area (Å²) in [5.74, 6) is 0. The van der Waals surface area contributed by atoms with Crippen LogP contribution in [0.4, 0.5) is 10.5 Å². The van der Waals surface area contributed by atoms with Crippen molar-refractivity contribution >= 4 is 27.6 Å². The van der Waals surface area contributed by atoms with Crippen molar-refractivity contribution in [2.75, 3.05) is 25.0 Å². The van der Waals surface area contributed by atoms with Crippen LogP contribution in [0.5, 0.6) is 0 Å². The van der Waals surface area contributed by atoms with Crippen LogP contribution < -0.4 is 5.32 Å². The smallest absolute Gasteiger partial charge is 0.321 e. The monoisotopic (exact) mass is 300 g/mol. The number of halogens is 1. The van der Waals surface area contributed by atoms with E-state index in [1.165, 1.54) is 0 Å². The van der Waals surface area contributed by atoms with Gasteiger partial charge in [-0.15, -0.1) is 0 Å². The summed E-state index contributed by atoms with van der Waals surface area (Å²) in [5, 5.41) is 11.6. The number of carbonyl (C=O) groups is 1. The number of anilines is 1. The number of hydrogen-bond donors (Lipinski definition) is 2. The number of amides is 2. The number of rotatable bonds is 4. The van der Waals surface area contributed by atoms with Crippen LogP contribution in [0.1, 0.15) is 12.5 Å². The van der Waals surface area contributed by atoms with Crippen molar-refractivity contribution < 1.29 is 9.90 Å². The fourth-order valence-corrected chi connectivity index (χ4v) is 2.03. The topological polar surface area (TPSA) is 52.6 Å². The van der Waals surface area contributed by atoms with Gasteiger partial charge in [0.05, 0.1) is 12.3 Å². The van der Waals surface area contributed by atoms with Crippen molar-refractivity contribution in [3.63, 3.8) is 0 Å². The van der Waals surface area contributed by atoms with Gasteiger partial charge in [0.25, 0.3) is 0 Å². The van der Waals surface area contributed by atoms with Crippen LogP contribution in [0.2, 0.25) is 0 Å². The van der Waals surface area contributed by atoms with Crippen molar-refractivity contribution in [3.05, 3.63) is 28.2 Å². The lowest BCUT2D eigenvalue weighted by Crippen LogP contribution is -2.36. The fourth-order valence-electron chi connectivity index (χ4n) is 1.44. The maximum absolute atomic E-state index is 11.9. The Labute approximate surface area is 110 Å². The Balaban J connectivity index is 2.73. The predicted molar refractivity (Wildman–Crippen MR) is 72.2 cm³/mol. The highest BCUT2D eigenvalue weighted by molar-refractivity contribution is 9.10. The molecule has 0 heterocycles. The van der Waals surface area contributed by atoms with Gasteiger partial charge in [-0.1, -0.05) is 6.07 Å². The van der Waals surface area contributed by atoms with Crippen LogP contribution in [0.3, 0.4) is 0 Å². The third-order valence-corrected chi connectivity index (χ3v) is 3.06. The minimum absolute atomic E-state index is 0.0314. The van der Waals surface area contributed by atoms with Crippen molar-refractivity contribution in [3.8, 4) is 0 Å². The molecule has 0 aliphatic heterocycles. The van der Waals surface area contributed by atoms with E-state index in [1.807, 2.05) is 32.0 Å². The first-order valence-corrected chi connectivity index (χ1v) is 6.30. The summed E-state index contributed by atoms with van der Waals surface area (Å²) >= 11 is 3.40. The molecule has 1 rings (SSSR count). The molecule has 0 fully saturated rings. The number of aliphatic hydroxyl groups excluding tert-OH is 1. The average Bonchev–Trinajstić information content (AvgIpc) is 2.29. The molecule has 0 bridgehead atoms. The third-order valence-electron chi connectivity index (χ3n) is 2.41. The van der Waals surface area contributed by atoms with Crippen molar-refractivity contribution in [2.24, 2.45) is 0 Å². The van der Waals surface area contributed by atoms with Crippen LogP contribution in [-0.2, 0) is 0 Å². The first-order valence-electron chi connectivity index (χ1n) is 5.51. The van der Waals surface area contributed by atoms with Gasteiger partial charge in [0.1, 0.15) is 0 Å². The Kier molecular flexibility index (Phi) is 5.44. The highest BCUT2D eigenvalue weighted by atomic mass is 79.9. The number of aliphatic hydroxyl groups is 1. The molecule has 4 nitrogen and oxygen atoms in total. The van der Waals surface area contributed by atoms with Crippen LogP contribution in [0.25, 0.3) is 0 Å². The molecule has 0 unspecified atom stereocenters. The normalized spacial score (nSPS) is 10.1. The molecule has 1 aromatic rings. The van der Waals surface area contributed by atoms with E-state index in [1.54, 1.807) is 4.90 Å². The van der Waals surface area contributed by atoms with E-state index in [2.05, 4.69) is 21.2 Å². The van der Waals surface area contributed by atoms with Crippen molar-refractivity contribution in [2.45, 2.75) is 13.8 Å².